The van der Waals surface area contributed by atoms with E-state index in [9.17, 15) is 13.6 Å². The Hall–Kier alpha value is -2.38. The van der Waals surface area contributed by atoms with Crippen molar-refractivity contribution in [2.45, 2.75) is 32.9 Å². The highest BCUT2D eigenvalue weighted by molar-refractivity contribution is 5.81. The number of guanidine groups is 1. The number of carbonyl (C=O) groups excluding carboxylic acids is 1. The van der Waals surface area contributed by atoms with Crippen LogP contribution in [0.5, 0.6) is 5.75 Å². The van der Waals surface area contributed by atoms with E-state index >= 15 is 0 Å². The van der Waals surface area contributed by atoms with Gasteiger partial charge in [-0.3, -0.25) is 4.79 Å². The highest BCUT2D eigenvalue weighted by Gasteiger charge is 2.28. The minimum absolute atomic E-state index is 0.0989. The van der Waals surface area contributed by atoms with E-state index < -0.39 is 6.61 Å². The van der Waals surface area contributed by atoms with E-state index in [0.29, 0.717) is 31.2 Å². The molecule has 138 valence electrons. The van der Waals surface area contributed by atoms with E-state index in [4.69, 9.17) is 0 Å². The first-order chi connectivity index (χ1) is 12.1. The van der Waals surface area contributed by atoms with Crippen LogP contribution in [0.2, 0.25) is 0 Å². The van der Waals surface area contributed by atoms with Gasteiger partial charge in [0.25, 0.3) is 0 Å². The summed E-state index contributed by atoms with van der Waals surface area (Å²) >= 11 is 0. The predicted octanol–water partition coefficient (Wildman–Crippen LogP) is 1.87. The zero-order valence-corrected chi connectivity index (χ0v) is 14.2. The molecule has 6 nitrogen and oxygen atoms in total. The Balaban J connectivity index is 1.84. The minimum Gasteiger partial charge on any atom is -0.434 e. The molecule has 2 rings (SSSR count). The fraction of sp³-hybridized carbons (Fsp3) is 0.529. The van der Waals surface area contributed by atoms with Crippen molar-refractivity contribution in [2.75, 3.05) is 19.6 Å². The van der Waals surface area contributed by atoms with Crippen LogP contribution in [0.25, 0.3) is 0 Å². The topological polar surface area (TPSA) is 74.8 Å². The molecule has 1 fully saturated rings. The van der Waals surface area contributed by atoms with Crippen LogP contribution in [-0.4, -0.2) is 38.1 Å². The highest BCUT2D eigenvalue weighted by Crippen LogP contribution is 2.28. The number of aliphatic imine (C=N–C) groups is 1. The van der Waals surface area contributed by atoms with Crippen LogP contribution in [0.3, 0.4) is 0 Å². The number of hydrogen-bond donors (Lipinski definition) is 3. The number of alkyl halides is 2. The summed E-state index contributed by atoms with van der Waals surface area (Å²) < 4.78 is 29.4. The number of rotatable bonds is 9. The highest BCUT2D eigenvalue weighted by atomic mass is 19.3. The first-order valence-corrected chi connectivity index (χ1v) is 8.42. The monoisotopic (exact) mass is 354 g/mol. The fourth-order valence-electron chi connectivity index (χ4n) is 2.21. The summed E-state index contributed by atoms with van der Waals surface area (Å²) in [6.07, 6.45) is 1.95. The number of benzene rings is 1. The lowest BCUT2D eigenvalue weighted by molar-refractivity contribution is -0.122. The van der Waals surface area contributed by atoms with Crippen LogP contribution in [0.4, 0.5) is 8.78 Å². The van der Waals surface area contributed by atoms with Gasteiger partial charge in [0, 0.05) is 31.1 Å². The Morgan fingerprint density at radius 1 is 1.24 bits per heavy atom. The third kappa shape index (κ3) is 6.94. The maximum absolute atomic E-state index is 12.4. The van der Waals surface area contributed by atoms with Crippen molar-refractivity contribution in [3.8, 4) is 5.75 Å². The summed E-state index contributed by atoms with van der Waals surface area (Å²) in [5.74, 6) is 0.957. The van der Waals surface area contributed by atoms with Crippen molar-refractivity contribution >= 4 is 11.9 Å². The predicted molar refractivity (Wildman–Crippen MR) is 91.6 cm³/mol. The fourth-order valence-corrected chi connectivity index (χ4v) is 2.21. The number of ether oxygens (including phenoxy) is 1. The summed E-state index contributed by atoms with van der Waals surface area (Å²) in [4.78, 5) is 15.9. The zero-order valence-electron chi connectivity index (χ0n) is 14.2. The van der Waals surface area contributed by atoms with Crippen molar-refractivity contribution in [1.29, 1.82) is 0 Å². The zero-order chi connectivity index (χ0) is 18.1. The minimum atomic E-state index is -2.87. The first kappa shape index (κ1) is 19.0. The number of para-hydroxylation sites is 1. The molecule has 0 spiro atoms. The molecule has 0 unspecified atom stereocenters. The second kappa shape index (κ2) is 9.80. The Morgan fingerprint density at radius 3 is 2.64 bits per heavy atom. The first-order valence-electron chi connectivity index (χ1n) is 8.42. The SMILES string of the molecule is CCNC(=NCc1ccccc1OC(F)F)NCCNC(=O)C1CC1. The summed E-state index contributed by atoms with van der Waals surface area (Å²) in [5.41, 5.74) is 0.571. The van der Waals surface area contributed by atoms with Crippen LogP contribution in [0.1, 0.15) is 25.3 Å². The lowest BCUT2D eigenvalue weighted by Crippen LogP contribution is -2.41. The normalized spacial score (nSPS) is 14.3. The molecule has 1 aromatic carbocycles. The van der Waals surface area contributed by atoms with Gasteiger partial charge in [-0.1, -0.05) is 18.2 Å². The number of amides is 1. The second-order valence-electron chi connectivity index (χ2n) is 5.67. The van der Waals surface area contributed by atoms with Crippen LogP contribution >= 0.6 is 0 Å². The molecule has 0 atom stereocenters. The maximum atomic E-state index is 12.4. The van der Waals surface area contributed by atoms with Gasteiger partial charge in [0.05, 0.1) is 6.54 Å². The molecule has 0 saturated heterocycles. The van der Waals surface area contributed by atoms with Gasteiger partial charge in [-0.2, -0.15) is 8.78 Å². The van der Waals surface area contributed by atoms with Gasteiger partial charge in [-0.05, 0) is 25.8 Å². The number of carbonyl (C=O) groups is 1. The number of hydrogen-bond acceptors (Lipinski definition) is 3. The van der Waals surface area contributed by atoms with Gasteiger partial charge >= 0.3 is 6.61 Å². The quantitative estimate of drug-likeness (QED) is 0.360. The Kier molecular flexibility index (Phi) is 7.43. The van der Waals surface area contributed by atoms with Crippen LogP contribution in [0, 0.1) is 5.92 Å². The molecule has 1 aromatic rings. The Labute approximate surface area is 146 Å². The molecule has 0 heterocycles. The molecule has 0 radical (unpaired) electrons. The van der Waals surface area contributed by atoms with Gasteiger partial charge in [0.1, 0.15) is 5.75 Å². The van der Waals surface area contributed by atoms with Gasteiger partial charge in [0.2, 0.25) is 5.91 Å². The molecule has 0 bridgehead atoms. The van der Waals surface area contributed by atoms with Gasteiger partial charge in [0.15, 0.2) is 5.96 Å². The lowest BCUT2D eigenvalue weighted by Gasteiger charge is -2.13. The maximum Gasteiger partial charge on any atom is 0.387 e. The third-order valence-electron chi connectivity index (χ3n) is 3.61. The van der Waals surface area contributed by atoms with Crippen molar-refractivity contribution in [3.63, 3.8) is 0 Å². The average Bonchev–Trinajstić information content (AvgIpc) is 3.42. The van der Waals surface area contributed by atoms with Crippen molar-refractivity contribution in [2.24, 2.45) is 10.9 Å². The molecule has 25 heavy (non-hydrogen) atoms. The molecule has 1 aliphatic carbocycles. The van der Waals surface area contributed by atoms with Gasteiger partial charge in [-0.15, -0.1) is 0 Å². The number of nitrogens with zero attached hydrogens (tertiary/aromatic N) is 1. The van der Waals surface area contributed by atoms with E-state index in [-0.39, 0.29) is 24.1 Å². The van der Waals surface area contributed by atoms with Crippen molar-refractivity contribution in [1.82, 2.24) is 16.0 Å². The van der Waals surface area contributed by atoms with Crippen LogP contribution < -0.4 is 20.7 Å². The van der Waals surface area contributed by atoms with Crippen LogP contribution in [0.15, 0.2) is 29.3 Å². The number of halogens is 2. The summed E-state index contributed by atoms with van der Waals surface area (Å²) in [6.45, 7) is 0.957. The summed E-state index contributed by atoms with van der Waals surface area (Å²) in [6, 6.07) is 6.57. The third-order valence-corrected chi connectivity index (χ3v) is 3.61. The standard InChI is InChI=1S/C17H24F2N4O2/c1-2-20-17(22-10-9-21-15(24)12-7-8-12)23-11-13-5-3-4-6-14(13)25-16(18)19/h3-6,12,16H,2,7-11H2,1H3,(H,21,24)(H2,20,22,23). The Bertz CT molecular complexity index is 592. The second-order valence-corrected chi connectivity index (χ2v) is 5.67. The molecule has 1 amide bonds. The Morgan fingerprint density at radius 2 is 1.96 bits per heavy atom. The molecule has 1 saturated carbocycles. The summed E-state index contributed by atoms with van der Waals surface area (Å²) in [7, 11) is 0. The molecular formula is C17H24F2N4O2. The molecule has 3 N–H and O–H groups in total. The molecule has 0 aromatic heterocycles. The summed E-state index contributed by atoms with van der Waals surface area (Å²) in [5, 5.41) is 9.03. The molecule has 0 aliphatic heterocycles. The average molecular weight is 354 g/mol. The van der Waals surface area contributed by atoms with E-state index in [1.165, 1.54) is 6.07 Å². The largest absolute Gasteiger partial charge is 0.434 e. The van der Waals surface area contributed by atoms with Gasteiger partial charge in [-0.25, -0.2) is 4.99 Å². The molecule has 1 aliphatic rings. The van der Waals surface area contributed by atoms with E-state index in [1.807, 2.05) is 6.92 Å². The molecular weight excluding hydrogens is 330 g/mol. The van der Waals surface area contributed by atoms with Crippen molar-refractivity contribution in [3.05, 3.63) is 29.8 Å². The lowest BCUT2D eigenvalue weighted by atomic mass is 10.2. The van der Waals surface area contributed by atoms with Crippen molar-refractivity contribution < 1.29 is 18.3 Å². The van der Waals surface area contributed by atoms with E-state index in [2.05, 4.69) is 25.7 Å². The van der Waals surface area contributed by atoms with Crippen LogP contribution in [-0.2, 0) is 11.3 Å². The smallest absolute Gasteiger partial charge is 0.387 e. The number of nitrogens with one attached hydrogen (secondary N) is 3. The van der Waals surface area contributed by atoms with Gasteiger partial charge < -0.3 is 20.7 Å². The molecule has 8 heteroatoms. The van der Waals surface area contributed by atoms with E-state index in [0.717, 1.165) is 12.8 Å². The van der Waals surface area contributed by atoms with E-state index in [1.54, 1.807) is 18.2 Å².